The summed E-state index contributed by atoms with van der Waals surface area (Å²) in [7, 11) is -2.56. The van der Waals surface area contributed by atoms with E-state index in [4.69, 9.17) is 16.3 Å². The maximum Gasteiger partial charge on any atom is 0.264 e. The molecule has 12 heteroatoms. The molecule has 0 saturated heterocycles. The highest BCUT2D eigenvalue weighted by atomic mass is 35.5. The average Bonchev–Trinajstić information content (AvgIpc) is 3.38. The van der Waals surface area contributed by atoms with Crippen molar-refractivity contribution in [1.82, 2.24) is 10.1 Å². The number of amides is 1. The van der Waals surface area contributed by atoms with Crippen molar-refractivity contribution in [3.05, 3.63) is 77.4 Å². The predicted molar refractivity (Wildman–Crippen MR) is 137 cm³/mol. The normalized spacial score (nSPS) is 11.3. The number of hydrogen-bond acceptors (Lipinski definition) is 7. The standard InChI is InChI=1S/C25H22ClFN4O5S/c1-4-25(32)31(24-8-7-17(14-28-24)37(33,34)30-23-9-10-36-29-23)21-13-19(26)18(12-22(21)35-3)16-6-5-15(2)20(27)11-16/h5-14H,4H2,1-3H3,(H,29,30). The molecule has 0 bridgehead atoms. The first-order valence-corrected chi connectivity index (χ1v) is 12.9. The summed E-state index contributed by atoms with van der Waals surface area (Å²) in [5, 5.41) is 3.78. The lowest BCUT2D eigenvalue weighted by atomic mass is 10.0. The highest BCUT2D eigenvalue weighted by Gasteiger charge is 2.25. The largest absolute Gasteiger partial charge is 0.495 e. The number of nitrogens with zero attached hydrogens (tertiary/aromatic N) is 3. The van der Waals surface area contributed by atoms with Gasteiger partial charge in [-0.2, -0.15) is 0 Å². The summed E-state index contributed by atoms with van der Waals surface area (Å²) in [6.45, 7) is 3.33. The summed E-state index contributed by atoms with van der Waals surface area (Å²) in [5.41, 5.74) is 1.84. The number of hydrogen-bond donors (Lipinski definition) is 1. The summed E-state index contributed by atoms with van der Waals surface area (Å²) in [4.78, 5) is 18.4. The summed E-state index contributed by atoms with van der Waals surface area (Å²) in [6.07, 6.45) is 2.46. The molecule has 0 aliphatic carbocycles. The van der Waals surface area contributed by atoms with Crippen LogP contribution in [0.2, 0.25) is 5.02 Å². The molecular weight excluding hydrogens is 523 g/mol. The van der Waals surface area contributed by atoms with Gasteiger partial charge in [0.25, 0.3) is 10.0 Å². The number of pyridine rings is 1. The van der Waals surface area contributed by atoms with Gasteiger partial charge in [0.15, 0.2) is 5.82 Å². The van der Waals surface area contributed by atoms with Crippen molar-refractivity contribution in [2.24, 2.45) is 0 Å². The average molecular weight is 545 g/mol. The molecule has 0 radical (unpaired) electrons. The van der Waals surface area contributed by atoms with Crippen molar-refractivity contribution in [2.75, 3.05) is 16.7 Å². The lowest BCUT2D eigenvalue weighted by molar-refractivity contribution is -0.117. The van der Waals surface area contributed by atoms with Crippen molar-refractivity contribution >= 4 is 44.9 Å². The third-order valence-electron chi connectivity index (χ3n) is 5.48. The number of rotatable bonds is 8. The molecule has 37 heavy (non-hydrogen) atoms. The van der Waals surface area contributed by atoms with E-state index in [9.17, 15) is 17.6 Å². The van der Waals surface area contributed by atoms with Crippen molar-refractivity contribution in [3.8, 4) is 16.9 Å². The molecule has 0 aliphatic rings. The number of benzene rings is 2. The molecule has 0 aliphatic heterocycles. The van der Waals surface area contributed by atoms with Crippen LogP contribution in [0.4, 0.5) is 21.7 Å². The van der Waals surface area contributed by atoms with Gasteiger partial charge in [0.2, 0.25) is 5.91 Å². The molecule has 4 aromatic rings. The first-order valence-electron chi connectivity index (χ1n) is 11.0. The third-order valence-corrected chi connectivity index (χ3v) is 7.13. The fourth-order valence-corrected chi connectivity index (χ4v) is 4.74. The van der Waals surface area contributed by atoms with Crippen molar-refractivity contribution in [2.45, 2.75) is 25.2 Å². The van der Waals surface area contributed by atoms with Gasteiger partial charge in [-0.25, -0.2) is 17.8 Å². The number of sulfonamides is 1. The first kappa shape index (κ1) is 26.1. The molecule has 0 atom stereocenters. The van der Waals surface area contributed by atoms with Gasteiger partial charge in [0, 0.05) is 24.2 Å². The van der Waals surface area contributed by atoms with Crippen LogP contribution < -0.4 is 14.4 Å². The quantitative estimate of drug-likeness (QED) is 0.301. The van der Waals surface area contributed by atoms with Crippen LogP contribution in [-0.2, 0) is 14.8 Å². The molecule has 2 aromatic heterocycles. The van der Waals surface area contributed by atoms with Gasteiger partial charge in [-0.1, -0.05) is 35.8 Å². The van der Waals surface area contributed by atoms with Gasteiger partial charge >= 0.3 is 0 Å². The van der Waals surface area contributed by atoms with Crippen molar-refractivity contribution in [3.63, 3.8) is 0 Å². The molecule has 1 N–H and O–H groups in total. The van der Waals surface area contributed by atoms with E-state index in [1.807, 2.05) is 0 Å². The summed E-state index contributed by atoms with van der Waals surface area (Å²) >= 11 is 6.58. The zero-order valence-electron chi connectivity index (χ0n) is 20.0. The zero-order valence-corrected chi connectivity index (χ0v) is 21.6. The highest BCUT2D eigenvalue weighted by molar-refractivity contribution is 7.92. The molecule has 1 amide bonds. The van der Waals surface area contributed by atoms with E-state index in [2.05, 4.69) is 19.4 Å². The highest BCUT2D eigenvalue weighted by Crippen LogP contribution is 2.41. The van der Waals surface area contributed by atoms with E-state index in [-0.39, 0.29) is 45.4 Å². The lowest BCUT2D eigenvalue weighted by Crippen LogP contribution is -2.26. The Kier molecular flexibility index (Phi) is 7.46. The summed E-state index contributed by atoms with van der Waals surface area (Å²) in [5.74, 6) is -0.270. The van der Waals surface area contributed by atoms with Gasteiger partial charge in [-0.05, 0) is 48.4 Å². The fourth-order valence-electron chi connectivity index (χ4n) is 3.53. The monoisotopic (exact) mass is 544 g/mol. The number of carbonyl (C=O) groups excluding carboxylic acids is 1. The number of halogens is 2. The number of aromatic nitrogens is 2. The second-order valence-corrected chi connectivity index (χ2v) is 9.98. The molecular formula is C25H22ClFN4O5S. The molecule has 4 rings (SSSR count). The Balaban J connectivity index is 1.75. The Morgan fingerprint density at radius 1 is 1.19 bits per heavy atom. The van der Waals surface area contributed by atoms with Crippen LogP contribution in [0.15, 0.2) is 70.4 Å². The Bertz CT molecular complexity index is 1540. The van der Waals surface area contributed by atoms with Crippen molar-refractivity contribution < 1.29 is 26.9 Å². The van der Waals surface area contributed by atoms with E-state index in [1.165, 1.54) is 48.6 Å². The van der Waals surface area contributed by atoms with Gasteiger partial charge in [-0.15, -0.1) is 0 Å². The van der Waals surface area contributed by atoms with Gasteiger partial charge in [0.1, 0.15) is 28.5 Å². The van der Waals surface area contributed by atoms with Crippen LogP contribution in [-0.4, -0.2) is 31.6 Å². The first-order chi connectivity index (χ1) is 17.6. The van der Waals surface area contributed by atoms with Crippen molar-refractivity contribution in [1.29, 1.82) is 0 Å². The minimum Gasteiger partial charge on any atom is -0.495 e. The number of ether oxygens (including phenoxy) is 1. The molecule has 0 spiro atoms. The minimum atomic E-state index is -3.99. The molecule has 2 aromatic carbocycles. The Labute approximate surface area is 217 Å². The molecule has 192 valence electrons. The summed E-state index contributed by atoms with van der Waals surface area (Å²) in [6, 6.07) is 11.9. The SMILES string of the molecule is CCC(=O)N(c1ccc(S(=O)(=O)Nc2ccon2)cn1)c1cc(Cl)c(-c2ccc(C)c(F)c2)cc1OC. The fraction of sp³-hybridized carbons (Fsp3) is 0.160. The number of aryl methyl sites for hydroxylation is 1. The van der Waals surface area contributed by atoms with Crippen LogP contribution in [0.5, 0.6) is 5.75 Å². The second kappa shape index (κ2) is 10.6. The van der Waals surface area contributed by atoms with E-state index >= 15 is 0 Å². The maximum absolute atomic E-state index is 14.2. The molecule has 0 unspecified atom stereocenters. The van der Waals surface area contributed by atoms with Crippen LogP contribution in [0, 0.1) is 12.7 Å². The number of nitrogens with one attached hydrogen (secondary N) is 1. The smallest absolute Gasteiger partial charge is 0.264 e. The third kappa shape index (κ3) is 5.42. The molecule has 0 saturated carbocycles. The van der Waals surface area contributed by atoms with Crippen LogP contribution in [0.1, 0.15) is 18.9 Å². The number of methoxy groups -OCH3 is 1. The minimum absolute atomic E-state index is 0.0137. The topological polar surface area (TPSA) is 115 Å². The van der Waals surface area contributed by atoms with Gasteiger partial charge < -0.3 is 9.26 Å². The van der Waals surface area contributed by atoms with Crippen LogP contribution in [0.3, 0.4) is 0 Å². The van der Waals surface area contributed by atoms with Gasteiger partial charge in [0.05, 0.1) is 17.8 Å². The molecule has 9 nitrogen and oxygen atoms in total. The lowest BCUT2D eigenvalue weighted by Gasteiger charge is -2.24. The number of carbonyl (C=O) groups is 1. The molecule has 2 heterocycles. The zero-order chi connectivity index (χ0) is 26.7. The van der Waals surface area contributed by atoms with E-state index in [0.29, 0.717) is 22.4 Å². The van der Waals surface area contributed by atoms with E-state index in [0.717, 1.165) is 6.20 Å². The van der Waals surface area contributed by atoms with E-state index in [1.54, 1.807) is 32.0 Å². The maximum atomic E-state index is 14.2. The predicted octanol–water partition coefficient (Wildman–Crippen LogP) is 5.72. The summed E-state index contributed by atoms with van der Waals surface area (Å²) < 4.78 is 51.9. The van der Waals surface area contributed by atoms with E-state index < -0.39 is 10.0 Å². The van der Waals surface area contributed by atoms with Crippen LogP contribution in [0.25, 0.3) is 11.1 Å². The Morgan fingerprint density at radius 2 is 1.97 bits per heavy atom. The number of anilines is 3. The Morgan fingerprint density at radius 3 is 2.57 bits per heavy atom. The Hall–Kier alpha value is -3.96. The molecule has 0 fully saturated rings. The second-order valence-electron chi connectivity index (χ2n) is 7.89. The van der Waals surface area contributed by atoms with Crippen LogP contribution >= 0.6 is 11.6 Å². The van der Waals surface area contributed by atoms with Gasteiger partial charge in [-0.3, -0.25) is 14.4 Å².